The Balaban J connectivity index is 1.66. The minimum Gasteiger partial charge on any atom is -0.402 e. The molecule has 1 aliphatic heterocycles. The number of sulfonamides is 1. The number of fused-ring (bicyclic) bond motifs is 1. The topological polar surface area (TPSA) is 201 Å². The van der Waals surface area contributed by atoms with E-state index >= 15 is 0 Å². The van der Waals surface area contributed by atoms with Gasteiger partial charge in [-0.05, 0) is 41.8 Å². The second-order valence-electron chi connectivity index (χ2n) is 11.7. The summed E-state index contributed by atoms with van der Waals surface area (Å²) in [7, 11) is -1.03. The molecule has 2 heterocycles. The van der Waals surface area contributed by atoms with Crippen molar-refractivity contribution in [3.8, 4) is 0 Å². The second-order valence-corrected chi connectivity index (χ2v) is 13.6. The third kappa shape index (κ3) is 7.31. The Bertz CT molecular complexity index is 1800. The largest absolute Gasteiger partial charge is 0.410 e. The van der Waals surface area contributed by atoms with E-state index in [1.807, 2.05) is 0 Å². The molecule has 46 heavy (non-hydrogen) atoms. The van der Waals surface area contributed by atoms with Gasteiger partial charge in [0.05, 0.1) is 13.0 Å². The number of likely N-dealkylation sites (tertiary alicyclic amines) is 1. The van der Waals surface area contributed by atoms with Crippen molar-refractivity contribution in [1.82, 2.24) is 25.0 Å². The number of benzene rings is 2. The van der Waals surface area contributed by atoms with E-state index in [2.05, 4.69) is 15.6 Å². The molecule has 1 fully saturated rings. The maximum absolute atomic E-state index is 14.1. The number of primary sulfonamides is 1. The molecule has 1 aromatic heterocycles. The molecule has 0 bridgehead atoms. The van der Waals surface area contributed by atoms with E-state index in [0.29, 0.717) is 16.5 Å². The average Bonchev–Trinajstić information content (AvgIpc) is 3.49. The van der Waals surface area contributed by atoms with Gasteiger partial charge in [0.2, 0.25) is 5.91 Å². The highest BCUT2D eigenvalue weighted by atomic mass is 35.5. The molecule has 2 aromatic carbocycles. The monoisotopic (exact) mass is 681 g/mol. The quantitative estimate of drug-likeness (QED) is 0.157. The molecule has 14 nitrogen and oxygen atoms in total. The van der Waals surface area contributed by atoms with Crippen molar-refractivity contribution in [3.05, 3.63) is 58.9 Å². The smallest absolute Gasteiger partial charge is 0.402 e. The molecule has 248 valence electrons. The number of halogens is 2. The number of aromatic nitrogens is 1. The molecule has 0 aliphatic carbocycles. The number of nitrogens with two attached hydrogens (primary N) is 1. The predicted molar refractivity (Wildman–Crippen MR) is 166 cm³/mol. The zero-order valence-corrected chi connectivity index (χ0v) is 27.0. The zero-order valence-electron chi connectivity index (χ0n) is 25.5. The number of rotatable bonds is 10. The Morgan fingerprint density at radius 1 is 1.20 bits per heavy atom. The van der Waals surface area contributed by atoms with Crippen LogP contribution in [-0.2, 0) is 35.7 Å². The first-order chi connectivity index (χ1) is 21.3. The number of carbonyl (C=O) groups is 4. The Morgan fingerprint density at radius 3 is 2.50 bits per heavy atom. The number of amides is 4. The number of likely N-dealkylation sites (N-methyl/N-ethyl adjacent to an activating group) is 1. The minimum atomic E-state index is -4.10. The summed E-state index contributed by atoms with van der Waals surface area (Å²) in [5, 5.41) is 21.8. The van der Waals surface area contributed by atoms with Crippen molar-refractivity contribution in [2.75, 3.05) is 27.2 Å². The van der Waals surface area contributed by atoms with Gasteiger partial charge in [-0.25, -0.2) is 32.0 Å². The lowest BCUT2D eigenvalue weighted by Crippen LogP contribution is -2.62. The van der Waals surface area contributed by atoms with Gasteiger partial charge >= 0.3 is 17.8 Å². The number of H-pyrrole nitrogens is 1. The summed E-state index contributed by atoms with van der Waals surface area (Å²) in [5.41, 5.74) is 0.822. The predicted octanol–water partition coefficient (Wildman–Crippen LogP) is 1.69. The molecule has 3 aromatic rings. The highest BCUT2D eigenvalue weighted by Crippen LogP contribution is 2.38. The van der Waals surface area contributed by atoms with Crippen LogP contribution in [0.4, 0.5) is 14.9 Å². The molecule has 0 radical (unpaired) electrons. The Morgan fingerprint density at radius 2 is 1.89 bits per heavy atom. The van der Waals surface area contributed by atoms with Crippen LogP contribution in [0.2, 0.25) is 5.02 Å². The molecule has 0 saturated carbocycles. The number of hydrogen-bond donors (Lipinski definition) is 5. The summed E-state index contributed by atoms with van der Waals surface area (Å²) in [6, 6.07) is 8.34. The lowest BCUT2D eigenvalue weighted by molar-refractivity contribution is -0.181. The standard InChI is InChI=1S/C29H34ClFN6O8S/c1-16(2)25(26(39)36(3)4)35-23(38)15-37(21-5-6-22-18(11-21)12-24(34-22)46(32,43)44)8-7-29(42,27(37)40)45-28(41)33-14-17-9-19(30)13-20(31)10-17/h5-6,9-13,16,25,34,42H,7-8,14-15H2,1-4H3,(H3-,32,33,35,38,41,43,44)/p+1/t25-,29?,37+/m1/s1. The molecule has 4 rings (SSSR count). The Labute approximate surface area is 269 Å². The van der Waals surface area contributed by atoms with Crippen molar-refractivity contribution < 1.29 is 41.8 Å². The SMILES string of the molecule is CC(C)[C@@H](NC(=O)C[N@+]1(c2ccc3[nH]c(S(N)(=O)=O)cc3c2)CCC(O)(OC(=O)NCc2cc(F)cc(Cl)c2)C1=O)C(=O)N(C)C. The van der Waals surface area contributed by atoms with Crippen LogP contribution in [0.3, 0.4) is 0 Å². The average molecular weight is 682 g/mol. The molecule has 1 unspecified atom stereocenters. The molecular weight excluding hydrogens is 647 g/mol. The van der Waals surface area contributed by atoms with E-state index in [1.54, 1.807) is 13.8 Å². The second kappa shape index (κ2) is 13.0. The van der Waals surface area contributed by atoms with Crippen molar-refractivity contribution in [1.29, 1.82) is 0 Å². The first-order valence-electron chi connectivity index (χ1n) is 14.1. The zero-order chi connectivity index (χ0) is 34.2. The number of nitrogens with zero attached hydrogens (tertiary/aromatic N) is 2. The van der Waals surface area contributed by atoms with Crippen LogP contribution in [0.15, 0.2) is 47.5 Å². The van der Waals surface area contributed by atoms with Gasteiger partial charge in [-0.1, -0.05) is 25.4 Å². The normalized spacial score (nSPS) is 20.5. The summed E-state index contributed by atoms with van der Waals surface area (Å²) in [5.74, 6) is -5.79. The summed E-state index contributed by atoms with van der Waals surface area (Å²) in [4.78, 5) is 57.1. The van der Waals surface area contributed by atoms with Crippen molar-refractivity contribution in [2.24, 2.45) is 11.1 Å². The molecule has 3 atom stereocenters. The number of aliphatic hydroxyl groups is 1. The molecule has 4 amide bonds. The summed E-state index contributed by atoms with van der Waals surface area (Å²) < 4.78 is 41.9. The third-order valence-electron chi connectivity index (χ3n) is 7.66. The summed E-state index contributed by atoms with van der Waals surface area (Å²) in [6.07, 6.45) is -1.62. The van der Waals surface area contributed by atoms with Gasteiger partial charge in [0.1, 0.15) is 22.6 Å². The van der Waals surface area contributed by atoms with Crippen LogP contribution < -0.4 is 20.3 Å². The van der Waals surface area contributed by atoms with Crippen molar-refractivity contribution in [2.45, 2.75) is 43.7 Å². The van der Waals surface area contributed by atoms with Gasteiger partial charge in [0, 0.05) is 48.7 Å². The van der Waals surface area contributed by atoms with E-state index in [1.165, 1.54) is 49.3 Å². The van der Waals surface area contributed by atoms with Gasteiger partial charge in [-0.2, -0.15) is 0 Å². The van der Waals surface area contributed by atoms with Gasteiger partial charge in [-0.3, -0.25) is 9.59 Å². The van der Waals surface area contributed by atoms with Crippen LogP contribution in [-0.4, -0.2) is 86.2 Å². The number of quaternary nitrogens is 1. The van der Waals surface area contributed by atoms with Crippen LogP contribution in [0, 0.1) is 11.7 Å². The Kier molecular flexibility index (Phi) is 9.80. The van der Waals surface area contributed by atoms with Crippen LogP contribution >= 0.6 is 11.6 Å². The van der Waals surface area contributed by atoms with E-state index in [-0.39, 0.29) is 40.7 Å². The van der Waals surface area contributed by atoms with E-state index in [4.69, 9.17) is 21.5 Å². The Hall–Kier alpha value is -4.09. The number of alkyl carbamates (subject to hydrolysis) is 1. The molecule has 0 spiro atoms. The lowest BCUT2D eigenvalue weighted by atomic mass is 10.0. The molecular formula is C29H35ClFN6O8S+. The summed E-state index contributed by atoms with van der Waals surface area (Å²) in [6.45, 7) is 2.42. The van der Waals surface area contributed by atoms with Gasteiger partial charge in [0.15, 0.2) is 6.54 Å². The molecule has 1 aliphatic rings. The van der Waals surface area contributed by atoms with E-state index < -0.39 is 63.0 Å². The number of hydrogen-bond acceptors (Lipinski definition) is 8. The van der Waals surface area contributed by atoms with Crippen LogP contribution in [0.5, 0.6) is 0 Å². The molecule has 6 N–H and O–H groups in total. The van der Waals surface area contributed by atoms with Crippen LogP contribution in [0.1, 0.15) is 25.8 Å². The van der Waals surface area contributed by atoms with Gasteiger partial charge < -0.3 is 30.4 Å². The van der Waals surface area contributed by atoms with Crippen molar-refractivity contribution >= 4 is 62.0 Å². The van der Waals surface area contributed by atoms with Crippen LogP contribution in [0.25, 0.3) is 10.9 Å². The first kappa shape index (κ1) is 34.8. The summed E-state index contributed by atoms with van der Waals surface area (Å²) >= 11 is 5.85. The highest BCUT2D eigenvalue weighted by molar-refractivity contribution is 7.89. The van der Waals surface area contributed by atoms with Gasteiger partial charge in [-0.15, -0.1) is 0 Å². The number of carbonyl (C=O) groups excluding carboxylic acids is 4. The lowest BCUT2D eigenvalue weighted by Gasteiger charge is -2.32. The fourth-order valence-corrected chi connectivity index (χ4v) is 6.10. The fourth-order valence-electron chi connectivity index (χ4n) is 5.31. The highest BCUT2D eigenvalue weighted by Gasteiger charge is 2.63. The van der Waals surface area contributed by atoms with E-state index in [0.717, 1.165) is 12.1 Å². The first-order valence-corrected chi connectivity index (χ1v) is 16.0. The molecule has 17 heteroatoms. The maximum Gasteiger partial charge on any atom is 0.410 e. The van der Waals surface area contributed by atoms with Gasteiger partial charge in [0.25, 0.3) is 15.9 Å². The minimum absolute atomic E-state index is 0.0951. The van der Waals surface area contributed by atoms with E-state index in [9.17, 15) is 37.1 Å². The number of aromatic amines is 1. The van der Waals surface area contributed by atoms with Crippen molar-refractivity contribution in [3.63, 3.8) is 0 Å². The third-order valence-corrected chi connectivity index (χ3v) is 8.71. The fraction of sp³-hybridized carbons (Fsp3) is 0.379. The number of ether oxygens (including phenoxy) is 1. The number of nitrogens with one attached hydrogen (secondary N) is 3. The molecule has 1 saturated heterocycles. The maximum atomic E-state index is 14.1.